The van der Waals surface area contributed by atoms with Crippen LogP contribution < -0.4 is 4.90 Å². The fourth-order valence-corrected chi connectivity index (χ4v) is 4.51. The molecule has 1 saturated carbocycles. The molecule has 0 unspecified atom stereocenters. The lowest BCUT2D eigenvalue weighted by atomic mass is 9.86. The van der Waals surface area contributed by atoms with Gasteiger partial charge >= 0.3 is 0 Å². The zero-order valence-electron chi connectivity index (χ0n) is 13.2. The molecule has 0 bridgehead atoms. The molecule has 1 heterocycles. The molecule has 0 amide bonds. The van der Waals surface area contributed by atoms with E-state index in [1.165, 1.54) is 36.2 Å². The molecule has 1 aliphatic rings. The number of carbonyl (C=O) groups excluding carboxylic acids is 1. The Balaban J connectivity index is 2.19. The quantitative estimate of drug-likeness (QED) is 0.708. The van der Waals surface area contributed by atoms with Gasteiger partial charge in [-0.05, 0) is 51.0 Å². The van der Waals surface area contributed by atoms with Gasteiger partial charge in [0, 0.05) is 30.0 Å². The summed E-state index contributed by atoms with van der Waals surface area (Å²) >= 11 is 1.75. The van der Waals surface area contributed by atoms with Crippen LogP contribution >= 0.6 is 11.3 Å². The molecule has 1 aliphatic carbocycles. The first-order chi connectivity index (χ1) is 9.58. The van der Waals surface area contributed by atoms with Crippen LogP contribution in [0.15, 0.2) is 5.38 Å². The van der Waals surface area contributed by atoms with E-state index in [9.17, 15) is 4.79 Å². The lowest BCUT2D eigenvalue weighted by Gasteiger charge is -2.36. The van der Waals surface area contributed by atoms with Crippen LogP contribution in [0, 0.1) is 12.8 Å². The molecule has 112 valence electrons. The van der Waals surface area contributed by atoms with Gasteiger partial charge in [0.15, 0.2) is 5.78 Å². The van der Waals surface area contributed by atoms with Crippen LogP contribution in [0.25, 0.3) is 0 Å². The summed E-state index contributed by atoms with van der Waals surface area (Å²) in [7, 11) is 0. The maximum Gasteiger partial charge on any atom is 0.163 e. The fourth-order valence-electron chi connectivity index (χ4n) is 3.28. The molecule has 3 heteroatoms. The number of hydrogen-bond acceptors (Lipinski definition) is 3. The number of Topliss-reactive ketones (excluding diaryl/α,β-unsaturated/α-hetero) is 1. The molecule has 0 aliphatic heterocycles. The second-order valence-electron chi connectivity index (χ2n) is 6.06. The van der Waals surface area contributed by atoms with Gasteiger partial charge < -0.3 is 4.90 Å². The predicted octanol–water partition coefficient (Wildman–Crippen LogP) is 5.05. The SMILES string of the molecule is CCC(=O)c1csc(N(CC)C2CCC(C)CC2)c1C. The Morgan fingerprint density at radius 3 is 2.50 bits per heavy atom. The first kappa shape index (κ1) is 15.6. The summed E-state index contributed by atoms with van der Waals surface area (Å²) in [5, 5.41) is 3.38. The molecule has 0 radical (unpaired) electrons. The third kappa shape index (κ3) is 3.08. The summed E-state index contributed by atoms with van der Waals surface area (Å²) in [5.41, 5.74) is 2.14. The van der Waals surface area contributed by atoms with E-state index in [1.54, 1.807) is 11.3 Å². The largest absolute Gasteiger partial charge is 0.361 e. The number of hydrogen-bond donors (Lipinski definition) is 0. The van der Waals surface area contributed by atoms with Crippen LogP contribution in [0.2, 0.25) is 0 Å². The lowest BCUT2D eigenvalue weighted by molar-refractivity contribution is 0.0988. The van der Waals surface area contributed by atoms with Crippen molar-refractivity contribution in [3.05, 3.63) is 16.5 Å². The zero-order chi connectivity index (χ0) is 14.7. The van der Waals surface area contributed by atoms with Gasteiger partial charge in [0.1, 0.15) is 0 Å². The van der Waals surface area contributed by atoms with Gasteiger partial charge in [0.2, 0.25) is 0 Å². The van der Waals surface area contributed by atoms with E-state index in [2.05, 4.69) is 31.1 Å². The van der Waals surface area contributed by atoms with E-state index in [-0.39, 0.29) is 5.78 Å². The van der Waals surface area contributed by atoms with Crippen molar-refractivity contribution in [1.29, 1.82) is 0 Å². The molecule has 0 aromatic carbocycles. The number of anilines is 1. The fraction of sp³-hybridized carbons (Fsp3) is 0.706. The van der Waals surface area contributed by atoms with Crippen LogP contribution in [0.3, 0.4) is 0 Å². The van der Waals surface area contributed by atoms with Gasteiger partial charge in [0.05, 0.1) is 5.00 Å². The predicted molar refractivity (Wildman–Crippen MR) is 88.1 cm³/mol. The number of thiophene rings is 1. The van der Waals surface area contributed by atoms with Crippen molar-refractivity contribution in [2.75, 3.05) is 11.4 Å². The van der Waals surface area contributed by atoms with E-state index in [4.69, 9.17) is 0 Å². The Kier molecular flexibility index (Phi) is 5.25. The van der Waals surface area contributed by atoms with Crippen molar-refractivity contribution in [2.24, 2.45) is 5.92 Å². The maximum atomic E-state index is 12.0. The molecule has 1 aromatic rings. The molecule has 0 N–H and O–H groups in total. The van der Waals surface area contributed by atoms with Crippen LogP contribution in [0.5, 0.6) is 0 Å². The molecule has 1 aromatic heterocycles. The lowest BCUT2D eigenvalue weighted by Crippen LogP contribution is -2.37. The summed E-state index contributed by atoms with van der Waals surface area (Å²) < 4.78 is 0. The second-order valence-corrected chi connectivity index (χ2v) is 6.91. The van der Waals surface area contributed by atoms with E-state index < -0.39 is 0 Å². The van der Waals surface area contributed by atoms with Gasteiger partial charge in [-0.3, -0.25) is 4.79 Å². The zero-order valence-corrected chi connectivity index (χ0v) is 14.1. The average molecular weight is 293 g/mol. The summed E-state index contributed by atoms with van der Waals surface area (Å²) in [6.45, 7) is 9.70. The smallest absolute Gasteiger partial charge is 0.163 e. The van der Waals surface area contributed by atoms with Crippen LogP contribution in [0.1, 0.15) is 68.8 Å². The minimum atomic E-state index is 0.276. The Morgan fingerprint density at radius 1 is 1.30 bits per heavy atom. The summed E-state index contributed by atoms with van der Waals surface area (Å²) in [4.78, 5) is 14.5. The monoisotopic (exact) mass is 293 g/mol. The molecule has 2 nitrogen and oxygen atoms in total. The number of rotatable bonds is 5. The highest BCUT2D eigenvalue weighted by molar-refractivity contribution is 7.14. The van der Waals surface area contributed by atoms with E-state index in [1.807, 2.05) is 6.92 Å². The first-order valence-corrected chi connectivity index (χ1v) is 8.84. The summed E-state index contributed by atoms with van der Waals surface area (Å²) in [6.07, 6.45) is 5.87. The van der Waals surface area contributed by atoms with Crippen molar-refractivity contribution in [2.45, 2.75) is 65.8 Å². The van der Waals surface area contributed by atoms with Gasteiger partial charge in [-0.15, -0.1) is 11.3 Å². The minimum absolute atomic E-state index is 0.276. The van der Waals surface area contributed by atoms with Crippen LogP contribution in [-0.2, 0) is 0 Å². The minimum Gasteiger partial charge on any atom is -0.361 e. The van der Waals surface area contributed by atoms with E-state index in [0.29, 0.717) is 12.5 Å². The Labute approximate surface area is 127 Å². The standard InChI is InChI=1S/C17H27NOS/c1-5-16(19)15-11-20-17(13(15)4)18(6-2)14-9-7-12(3)8-10-14/h11-12,14H,5-10H2,1-4H3. The topological polar surface area (TPSA) is 20.3 Å². The van der Waals surface area contributed by atoms with Gasteiger partial charge in [-0.1, -0.05) is 13.8 Å². The highest BCUT2D eigenvalue weighted by atomic mass is 32.1. The highest BCUT2D eigenvalue weighted by Gasteiger charge is 2.26. The average Bonchev–Trinajstić information content (AvgIpc) is 2.83. The van der Waals surface area contributed by atoms with Crippen molar-refractivity contribution < 1.29 is 4.79 Å². The number of carbonyl (C=O) groups is 1. The Morgan fingerprint density at radius 2 is 1.95 bits per heavy atom. The van der Waals surface area contributed by atoms with Crippen LogP contribution in [0.4, 0.5) is 5.00 Å². The molecule has 0 saturated heterocycles. The first-order valence-electron chi connectivity index (χ1n) is 7.96. The Hall–Kier alpha value is -0.830. The maximum absolute atomic E-state index is 12.0. The van der Waals surface area contributed by atoms with E-state index >= 15 is 0 Å². The van der Waals surface area contributed by atoms with Crippen LogP contribution in [-0.4, -0.2) is 18.4 Å². The molecule has 2 rings (SSSR count). The van der Waals surface area contributed by atoms with Gasteiger partial charge in [-0.2, -0.15) is 0 Å². The number of ketones is 1. The van der Waals surface area contributed by atoms with Crippen molar-refractivity contribution in [3.63, 3.8) is 0 Å². The van der Waals surface area contributed by atoms with Crippen molar-refractivity contribution in [3.8, 4) is 0 Å². The molecular formula is C17H27NOS. The van der Waals surface area contributed by atoms with Gasteiger partial charge in [0.25, 0.3) is 0 Å². The third-order valence-corrected chi connectivity index (χ3v) is 5.78. The van der Waals surface area contributed by atoms with Crippen molar-refractivity contribution >= 4 is 22.1 Å². The van der Waals surface area contributed by atoms with Crippen molar-refractivity contribution in [1.82, 2.24) is 0 Å². The molecular weight excluding hydrogens is 266 g/mol. The summed E-state index contributed by atoms with van der Waals surface area (Å²) in [5.74, 6) is 1.16. The molecule has 0 atom stereocenters. The number of nitrogens with zero attached hydrogens (tertiary/aromatic N) is 1. The third-order valence-electron chi connectivity index (χ3n) is 4.66. The van der Waals surface area contributed by atoms with Gasteiger partial charge in [-0.25, -0.2) is 0 Å². The molecule has 0 spiro atoms. The summed E-state index contributed by atoms with van der Waals surface area (Å²) in [6, 6.07) is 0.665. The molecule has 20 heavy (non-hydrogen) atoms. The highest BCUT2D eigenvalue weighted by Crippen LogP contribution is 2.36. The second kappa shape index (κ2) is 6.75. The van der Waals surface area contributed by atoms with E-state index in [0.717, 1.165) is 18.0 Å². The normalized spacial score (nSPS) is 22.8. The Bertz CT molecular complexity index is 458. The molecule has 1 fully saturated rings.